The molecule has 0 bridgehead atoms. The zero-order valence-corrected chi connectivity index (χ0v) is 9.86. The summed E-state index contributed by atoms with van der Waals surface area (Å²) in [5, 5.41) is 18.3. The lowest BCUT2D eigenvalue weighted by atomic mass is 10.1. The van der Waals surface area contributed by atoms with Gasteiger partial charge < -0.3 is 19.7 Å². The van der Waals surface area contributed by atoms with Crippen molar-refractivity contribution >= 4 is 23.4 Å². The Morgan fingerprint density at radius 1 is 1.28 bits per heavy atom. The Hall–Kier alpha value is -1.95. The maximum Gasteiger partial charge on any atom is 0.377 e. The Balaban J connectivity index is 2.65. The fraction of sp³-hybridized carbons (Fsp3) is 0.273. The van der Waals surface area contributed by atoms with E-state index in [0.717, 1.165) is 0 Å². The van der Waals surface area contributed by atoms with Gasteiger partial charge in [-0.3, -0.25) is 4.79 Å². The summed E-state index contributed by atoms with van der Waals surface area (Å²) in [4.78, 5) is 22.3. The number of benzene rings is 1. The molecule has 7 heteroatoms. The SMILES string of the molecule is O=C(O)C(=O)c1c(O)c(Cl)cc2c1OCCCO2. The van der Waals surface area contributed by atoms with Crippen LogP contribution in [0.5, 0.6) is 17.2 Å². The zero-order valence-electron chi connectivity index (χ0n) is 9.10. The van der Waals surface area contributed by atoms with Crippen LogP contribution >= 0.6 is 11.6 Å². The van der Waals surface area contributed by atoms with Gasteiger partial charge in [0.05, 0.1) is 18.2 Å². The van der Waals surface area contributed by atoms with Gasteiger partial charge in [-0.2, -0.15) is 0 Å². The summed E-state index contributed by atoms with van der Waals surface area (Å²) < 4.78 is 10.5. The molecule has 0 aromatic heterocycles. The van der Waals surface area contributed by atoms with Crippen LogP contribution in [0.25, 0.3) is 0 Å². The number of Topliss-reactive ketones (excluding diaryl/α,β-unsaturated/α-hetero) is 1. The fourth-order valence-corrected chi connectivity index (χ4v) is 1.78. The summed E-state index contributed by atoms with van der Waals surface area (Å²) in [7, 11) is 0. The van der Waals surface area contributed by atoms with Crippen LogP contribution in [0.2, 0.25) is 5.02 Å². The highest BCUT2D eigenvalue weighted by Gasteiger charge is 2.29. The molecule has 1 aromatic rings. The monoisotopic (exact) mass is 272 g/mol. The normalized spacial score (nSPS) is 13.8. The molecule has 1 aromatic carbocycles. The summed E-state index contributed by atoms with van der Waals surface area (Å²) in [5.41, 5.74) is -0.480. The number of ketones is 1. The highest BCUT2D eigenvalue weighted by Crippen LogP contribution is 2.43. The number of carbonyl (C=O) groups excluding carboxylic acids is 1. The number of ether oxygens (including phenoxy) is 2. The standard InChI is InChI=1S/C11H9ClO6/c12-5-4-6-10(18-3-1-2-17-6)7(8(5)13)9(14)11(15)16/h4,13H,1-3H2,(H,15,16). The minimum atomic E-state index is -1.71. The lowest BCUT2D eigenvalue weighted by molar-refractivity contribution is -0.131. The van der Waals surface area contributed by atoms with Gasteiger partial charge in [0.2, 0.25) is 0 Å². The van der Waals surface area contributed by atoms with Crippen molar-refractivity contribution in [2.45, 2.75) is 6.42 Å². The van der Waals surface area contributed by atoms with Gasteiger partial charge >= 0.3 is 5.97 Å². The average molecular weight is 273 g/mol. The molecule has 0 radical (unpaired) electrons. The number of aliphatic carboxylic acids is 1. The van der Waals surface area contributed by atoms with Crippen LogP contribution < -0.4 is 9.47 Å². The van der Waals surface area contributed by atoms with Crippen LogP contribution in [0, 0.1) is 0 Å². The van der Waals surface area contributed by atoms with E-state index in [9.17, 15) is 14.7 Å². The fourth-order valence-electron chi connectivity index (χ4n) is 1.58. The van der Waals surface area contributed by atoms with Crippen LogP contribution in [-0.4, -0.2) is 35.2 Å². The van der Waals surface area contributed by atoms with Crippen molar-refractivity contribution in [3.05, 3.63) is 16.7 Å². The minimum Gasteiger partial charge on any atom is -0.505 e. The number of carboxylic acid groups (broad SMARTS) is 1. The van der Waals surface area contributed by atoms with Gasteiger partial charge in [-0.25, -0.2) is 4.79 Å². The van der Waals surface area contributed by atoms with Crippen molar-refractivity contribution in [1.82, 2.24) is 0 Å². The number of phenols is 1. The molecule has 0 aliphatic carbocycles. The molecule has 0 amide bonds. The van der Waals surface area contributed by atoms with Crippen LogP contribution in [0.1, 0.15) is 16.8 Å². The van der Waals surface area contributed by atoms with Crippen LogP contribution in [0.3, 0.4) is 0 Å². The molecule has 1 heterocycles. The second-order valence-electron chi connectivity index (χ2n) is 3.59. The first-order valence-corrected chi connectivity index (χ1v) is 5.49. The van der Waals surface area contributed by atoms with Crippen molar-refractivity contribution in [3.8, 4) is 17.2 Å². The third-order valence-electron chi connectivity index (χ3n) is 2.39. The third-order valence-corrected chi connectivity index (χ3v) is 2.67. The van der Waals surface area contributed by atoms with Crippen molar-refractivity contribution < 1.29 is 29.3 Å². The van der Waals surface area contributed by atoms with Gasteiger partial charge in [0.15, 0.2) is 11.5 Å². The summed E-state index contributed by atoms with van der Waals surface area (Å²) in [6, 6.07) is 1.29. The molecule has 6 nitrogen and oxygen atoms in total. The molecule has 96 valence electrons. The van der Waals surface area contributed by atoms with Crippen molar-refractivity contribution in [2.24, 2.45) is 0 Å². The van der Waals surface area contributed by atoms with Gasteiger partial charge in [0.1, 0.15) is 11.3 Å². The Bertz CT molecular complexity index is 525. The molecule has 0 saturated heterocycles. The van der Waals surface area contributed by atoms with Gasteiger partial charge in [-0.1, -0.05) is 11.6 Å². The van der Waals surface area contributed by atoms with Gasteiger partial charge in [0.25, 0.3) is 5.78 Å². The zero-order chi connectivity index (χ0) is 13.3. The van der Waals surface area contributed by atoms with E-state index >= 15 is 0 Å². The molecular weight excluding hydrogens is 264 g/mol. The summed E-state index contributed by atoms with van der Waals surface area (Å²) in [6.07, 6.45) is 0.577. The molecule has 0 spiro atoms. The summed E-state index contributed by atoms with van der Waals surface area (Å²) in [5.74, 6) is -3.55. The Morgan fingerprint density at radius 3 is 2.61 bits per heavy atom. The Labute approximate surface area is 107 Å². The van der Waals surface area contributed by atoms with Crippen LogP contribution in [0.4, 0.5) is 0 Å². The van der Waals surface area contributed by atoms with E-state index < -0.39 is 23.1 Å². The molecule has 0 saturated carbocycles. The van der Waals surface area contributed by atoms with E-state index in [1.807, 2.05) is 0 Å². The lowest BCUT2D eigenvalue weighted by Crippen LogP contribution is -2.15. The van der Waals surface area contributed by atoms with Crippen molar-refractivity contribution in [2.75, 3.05) is 13.2 Å². The van der Waals surface area contributed by atoms with E-state index in [1.54, 1.807) is 0 Å². The van der Waals surface area contributed by atoms with Gasteiger partial charge in [-0.05, 0) is 0 Å². The van der Waals surface area contributed by atoms with Crippen LogP contribution in [0.15, 0.2) is 6.07 Å². The number of carboxylic acids is 1. The number of hydrogen-bond donors (Lipinski definition) is 2. The number of aromatic hydroxyl groups is 1. The maximum atomic E-state index is 11.5. The predicted molar refractivity (Wildman–Crippen MR) is 60.7 cm³/mol. The molecule has 1 aliphatic rings. The molecule has 2 rings (SSSR count). The van der Waals surface area contributed by atoms with E-state index in [4.69, 9.17) is 26.2 Å². The summed E-state index contributed by atoms with van der Waals surface area (Å²) >= 11 is 5.72. The molecule has 2 N–H and O–H groups in total. The van der Waals surface area contributed by atoms with Crippen LogP contribution in [-0.2, 0) is 4.79 Å². The van der Waals surface area contributed by atoms with E-state index in [1.165, 1.54) is 6.07 Å². The Kier molecular flexibility index (Phi) is 3.29. The topological polar surface area (TPSA) is 93.1 Å². The number of rotatable bonds is 2. The van der Waals surface area contributed by atoms with Crippen molar-refractivity contribution in [3.63, 3.8) is 0 Å². The first kappa shape index (κ1) is 12.5. The molecule has 0 atom stereocenters. The number of fused-ring (bicyclic) bond motifs is 1. The summed E-state index contributed by atoms with van der Waals surface area (Å²) in [6.45, 7) is 0.614. The highest BCUT2D eigenvalue weighted by molar-refractivity contribution is 6.42. The predicted octanol–water partition coefficient (Wildman–Crippen LogP) is 1.47. The molecule has 1 aliphatic heterocycles. The average Bonchev–Trinajstić information content (AvgIpc) is 2.55. The first-order valence-electron chi connectivity index (χ1n) is 5.11. The van der Waals surface area contributed by atoms with Gasteiger partial charge in [-0.15, -0.1) is 0 Å². The molecule has 0 fully saturated rings. The van der Waals surface area contributed by atoms with E-state index in [2.05, 4.69) is 0 Å². The lowest BCUT2D eigenvalue weighted by Gasteiger charge is -2.13. The highest BCUT2D eigenvalue weighted by atomic mass is 35.5. The molecular formula is C11H9ClO6. The third kappa shape index (κ3) is 2.06. The maximum absolute atomic E-state index is 11.5. The number of phenolic OH excluding ortho intramolecular Hbond substituents is 1. The quantitative estimate of drug-likeness (QED) is 0.626. The number of hydrogen-bond acceptors (Lipinski definition) is 5. The number of halogens is 1. The largest absolute Gasteiger partial charge is 0.505 e. The minimum absolute atomic E-state index is 0.0817. The van der Waals surface area contributed by atoms with E-state index in [-0.39, 0.29) is 23.1 Å². The van der Waals surface area contributed by atoms with E-state index in [0.29, 0.717) is 13.0 Å². The van der Waals surface area contributed by atoms with Gasteiger partial charge in [0, 0.05) is 12.5 Å². The molecule has 0 unspecified atom stereocenters. The smallest absolute Gasteiger partial charge is 0.377 e. The Morgan fingerprint density at radius 2 is 1.94 bits per heavy atom. The number of carbonyl (C=O) groups is 2. The second kappa shape index (κ2) is 4.73. The van der Waals surface area contributed by atoms with Crippen molar-refractivity contribution in [1.29, 1.82) is 0 Å². The molecule has 18 heavy (non-hydrogen) atoms. The first-order chi connectivity index (χ1) is 8.52. The second-order valence-corrected chi connectivity index (χ2v) is 4.00.